The second kappa shape index (κ2) is 5.72. The lowest BCUT2D eigenvalue weighted by atomic mass is 10.2. The fourth-order valence-electron chi connectivity index (χ4n) is 1.96. The molecule has 1 N–H and O–H groups in total. The van der Waals surface area contributed by atoms with Crippen LogP contribution in [0, 0.1) is 0 Å². The molecular weight excluding hydrogens is 286 g/mol. The van der Waals surface area contributed by atoms with Crippen molar-refractivity contribution in [2.24, 2.45) is 0 Å². The lowest BCUT2D eigenvalue weighted by Crippen LogP contribution is -2.05. The topological polar surface area (TPSA) is 90.4 Å². The Morgan fingerprint density at radius 1 is 1.32 bits per heavy atom. The second-order valence-electron chi connectivity index (χ2n) is 4.63. The van der Waals surface area contributed by atoms with E-state index >= 15 is 0 Å². The molecule has 0 unspecified atom stereocenters. The van der Waals surface area contributed by atoms with Gasteiger partial charge in [0.1, 0.15) is 30.0 Å². The minimum absolute atomic E-state index is 0.249. The monoisotopic (exact) mass is 299 g/mol. The van der Waals surface area contributed by atoms with Gasteiger partial charge in [-0.25, -0.2) is 4.68 Å². The third-order valence-corrected chi connectivity index (χ3v) is 3.11. The Morgan fingerprint density at radius 3 is 2.77 bits per heavy atom. The Hall–Kier alpha value is -3.09. The summed E-state index contributed by atoms with van der Waals surface area (Å²) in [6.07, 6.45) is 2.76. The molecule has 0 saturated carbocycles. The molecule has 22 heavy (non-hydrogen) atoms. The highest BCUT2D eigenvalue weighted by atomic mass is 16.5. The second-order valence-corrected chi connectivity index (χ2v) is 4.63. The van der Waals surface area contributed by atoms with Crippen molar-refractivity contribution in [3.63, 3.8) is 0 Å². The summed E-state index contributed by atoms with van der Waals surface area (Å²) in [7, 11) is 1.61. The summed E-state index contributed by atoms with van der Waals surface area (Å²) < 4.78 is 11.8. The first-order valence-electron chi connectivity index (χ1n) is 6.51. The zero-order valence-electron chi connectivity index (χ0n) is 11.8. The van der Waals surface area contributed by atoms with Crippen LogP contribution in [0.5, 0.6) is 11.5 Å². The number of benzene rings is 1. The highest BCUT2D eigenvalue weighted by Gasteiger charge is 2.07. The van der Waals surface area contributed by atoms with Gasteiger partial charge in [0, 0.05) is 11.6 Å². The maximum Gasteiger partial charge on any atom is 0.226 e. The van der Waals surface area contributed by atoms with Gasteiger partial charge in [0.2, 0.25) is 5.43 Å². The van der Waals surface area contributed by atoms with Crippen molar-refractivity contribution < 1.29 is 14.3 Å². The molecule has 112 valence electrons. The van der Waals surface area contributed by atoms with Crippen molar-refractivity contribution >= 4 is 0 Å². The minimum atomic E-state index is -0.489. The average molecular weight is 299 g/mol. The fraction of sp³-hybridized carbons (Fsp3) is 0.133. The Kier molecular flexibility index (Phi) is 3.61. The van der Waals surface area contributed by atoms with Crippen LogP contribution >= 0.6 is 0 Å². The summed E-state index contributed by atoms with van der Waals surface area (Å²) >= 11 is 0. The van der Waals surface area contributed by atoms with Crippen molar-refractivity contribution in [1.29, 1.82) is 0 Å². The minimum Gasteiger partial charge on any atom is -0.502 e. The van der Waals surface area contributed by atoms with Crippen molar-refractivity contribution in [2.45, 2.75) is 6.54 Å². The van der Waals surface area contributed by atoms with E-state index in [4.69, 9.17) is 14.3 Å². The van der Waals surface area contributed by atoms with Gasteiger partial charge in [0.15, 0.2) is 5.75 Å². The van der Waals surface area contributed by atoms with Gasteiger partial charge in [-0.1, -0.05) is 5.21 Å². The van der Waals surface area contributed by atoms with Crippen LogP contribution in [0.3, 0.4) is 0 Å². The maximum atomic E-state index is 11.3. The lowest BCUT2D eigenvalue weighted by molar-refractivity contribution is 0.403. The molecule has 3 rings (SSSR count). The third-order valence-electron chi connectivity index (χ3n) is 3.11. The van der Waals surface area contributed by atoms with Crippen LogP contribution in [0.15, 0.2) is 52.0 Å². The number of methoxy groups -OCH3 is 1. The Labute approximate surface area is 125 Å². The largest absolute Gasteiger partial charge is 0.502 e. The van der Waals surface area contributed by atoms with Gasteiger partial charge in [-0.2, -0.15) is 0 Å². The molecule has 0 amide bonds. The van der Waals surface area contributed by atoms with E-state index in [1.54, 1.807) is 18.0 Å². The van der Waals surface area contributed by atoms with Crippen molar-refractivity contribution in [1.82, 2.24) is 15.0 Å². The van der Waals surface area contributed by atoms with Crippen LogP contribution in [0.2, 0.25) is 0 Å². The maximum absolute atomic E-state index is 11.3. The summed E-state index contributed by atoms with van der Waals surface area (Å²) in [5.74, 6) is 0.734. The van der Waals surface area contributed by atoms with E-state index in [0.717, 1.165) is 17.6 Å². The molecule has 1 aromatic carbocycles. The fourth-order valence-corrected chi connectivity index (χ4v) is 1.96. The molecule has 0 atom stereocenters. The third kappa shape index (κ3) is 2.83. The van der Waals surface area contributed by atoms with E-state index in [0.29, 0.717) is 11.5 Å². The van der Waals surface area contributed by atoms with Crippen LogP contribution < -0.4 is 10.2 Å². The molecule has 0 radical (unpaired) electrons. The quantitative estimate of drug-likeness (QED) is 0.788. The molecule has 7 nitrogen and oxygen atoms in total. The van der Waals surface area contributed by atoms with Gasteiger partial charge in [-0.15, -0.1) is 5.10 Å². The first kappa shape index (κ1) is 13.9. The van der Waals surface area contributed by atoms with Gasteiger partial charge >= 0.3 is 0 Å². The Balaban J connectivity index is 1.80. The summed E-state index contributed by atoms with van der Waals surface area (Å²) in [5, 5.41) is 17.2. The first-order chi connectivity index (χ1) is 10.7. The normalized spacial score (nSPS) is 10.6. The first-order valence-corrected chi connectivity index (χ1v) is 6.51. The Morgan fingerprint density at radius 2 is 2.09 bits per heavy atom. The molecule has 0 bridgehead atoms. The number of nitrogens with zero attached hydrogens (tertiary/aromatic N) is 3. The van der Waals surface area contributed by atoms with Crippen molar-refractivity contribution in [3.05, 3.63) is 58.8 Å². The molecule has 0 aliphatic rings. The van der Waals surface area contributed by atoms with Crippen LogP contribution in [0.25, 0.3) is 11.3 Å². The van der Waals surface area contributed by atoms with Crippen molar-refractivity contribution in [2.75, 3.05) is 7.11 Å². The molecule has 2 heterocycles. The molecule has 3 aromatic rings. The van der Waals surface area contributed by atoms with Gasteiger partial charge in [-0.3, -0.25) is 4.79 Å². The van der Waals surface area contributed by atoms with Crippen molar-refractivity contribution in [3.8, 4) is 22.8 Å². The molecule has 2 aromatic heterocycles. The molecule has 7 heteroatoms. The SMILES string of the molecule is COc1ccc(-c2cn(Cc3cc(=O)c(O)co3)nn2)cc1. The summed E-state index contributed by atoms with van der Waals surface area (Å²) in [6, 6.07) is 8.67. The number of hydrogen-bond donors (Lipinski definition) is 1. The van der Waals surface area contributed by atoms with Gasteiger partial charge in [0.25, 0.3) is 0 Å². The number of ether oxygens (including phenoxy) is 1. The van der Waals surface area contributed by atoms with E-state index < -0.39 is 11.2 Å². The molecule has 0 spiro atoms. The van der Waals surface area contributed by atoms with E-state index in [-0.39, 0.29) is 6.54 Å². The summed E-state index contributed by atoms with van der Waals surface area (Å²) in [5.41, 5.74) is 1.11. The van der Waals surface area contributed by atoms with Gasteiger partial charge in [0.05, 0.1) is 13.3 Å². The number of rotatable bonds is 4. The molecule has 0 fully saturated rings. The lowest BCUT2D eigenvalue weighted by Gasteiger charge is -2.00. The zero-order chi connectivity index (χ0) is 15.5. The standard InChI is InChI=1S/C15H13N3O4/c1-21-11-4-2-10(3-5-11)13-8-18(17-16-13)7-12-6-14(19)15(20)9-22-12/h2-6,8-9,20H,7H2,1H3. The van der Waals surface area contributed by atoms with E-state index in [9.17, 15) is 4.79 Å². The summed E-state index contributed by atoms with van der Waals surface area (Å²) in [6.45, 7) is 0.249. The van der Waals surface area contributed by atoms with Crippen LogP contribution in [0.1, 0.15) is 5.76 Å². The highest BCUT2D eigenvalue weighted by molar-refractivity contribution is 5.58. The van der Waals surface area contributed by atoms with E-state index in [1.807, 2.05) is 24.3 Å². The highest BCUT2D eigenvalue weighted by Crippen LogP contribution is 2.20. The number of aromatic hydroxyl groups is 1. The number of aromatic nitrogens is 3. The average Bonchev–Trinajstić information content (AvgIpc) is 2.99. The predicted molar refractivity (Wildman–Crippen MR) is 77.8 cm³/mol. The summed E-state index contributed by atoms with van der Waals surface area (Å²) in [4.78, 5) is 11.3. The predicted octanol–water partition coefficient (Wildman–Crippen LogP) is 1.66. The molecule has 0 aliphatic carbocycles. The molecule has 0 saturated heterocycles. The smallest absolute Gasteiger partial charge is 0.226 e. The van der Waals surface area contributed by atoms with Crippen LogP contribution in [0.4, 0.5) is 0 Å². The van der Waals surface area contributed by atoms with Gasteiger partial charge < -0.3 is 14.3 Å². The van der Waals surface area contributed by atoms with Gasteiger partial charge in [-0.05, 0) is 24.3 Å². The zero-order valence-corrected chi connectivity index (χ0v) is 11.8. The van der Waals surface area contributed by atoms with Crippen LogP contribution in [-0.2, 0) is 6.54 Å². The van der Waals surface area contributed by atoms with Crippen LogP contribution in [-0.4, -0.2) is 27.2 Å². The molecular formula is C15H13N3O4. The Bertz CT molecular complexity index is 836. The number of hydrogen-bond acceptors (Lipinski definition) is 6. The van der Waals surface area contributed by atoms with E-state index in [2.05, 4.69) is 10.3 Å². The van der Waals surface area contributed by atoms with E-state index in [1.165, 1.54) is 6.07 Å². The molecule has 0 aliphatic heterocycles.